The molecule has 24 heavy (non-hydrogen) atoms. The zero-order valence-corrected chi connectivity index (χ0v) is 15.1. The molecule has 0 aliphatic heterocycles. The van der Waals surface area contributed by atoms with Crippen molar-refractivity contribution in [2.75, 3.05) is 0 Å². The predicted octanol–water partition coefficient (Wildman–Crippen LogP) is 3.54. The smallest absolute Gasteiger partial charge is 0.408 e. The van der Waals surface area contributed by atoms with Crippen LogP contribution in [0, 0.1) is 5.41 Å². The van der Waals surface area contributed by atoms with Crippen molar-refractivity contribution in [3.8, 4) is 0 Å². The van der Waals surface area contributed by atoms with Gasteiger partial charge in [0.15, 0.2) is 0 Å². The molecular weight excluding hydrogens is 306 g/mol. The SMILES string of the molecule is CC(C)(C)OC(=O)N[C@H](c1nc2ccccc2c(=O)[nH]1)C(C)(C)C. The number of amides is 1. The first-order valence-corrected chi connectivity index (χ1v) is 7.96. The van der Waals surface area contributed by atoms with Crippen molar-refractivity contribution in [3.05, 3.63) is 40.4 Å². The quantitative estimate of drug-likeness (QED) is 0.881. The summed E-state index contributed by atoms with van der Waals surface area (Å²) in [5, 5.41) is 3.35. The first-order chi connectivity index (χ1) is 11.0. The minimum atomic E-state index is -0.600. The summed E-state index contributed by atoms with van der Waals surface area (Å²) in [6.07, 6.45) is -0.543. The standard InChI is InChI=1S/C18H25N3O3/c1-17(2,3)13(20-16(23)24-18(4,5)6)14-19-12-10-8-7-9-11(12)15(22)21-14/h7-10,13H,1-6H3,(H,20,23)(H,19,21,22)/t13-/m1/s1. The molecule has 1 heterocycles. The van der Waals surface area contributed by atoms with Crippen molar-refractivity contribution >= 4 is 17.0 Å². The number of nitrogens with zero attached hydrogens (tertiary/aromatic N) is 1. The number of benzene rings is 1. The van der Waals surface area contributed by atoms with Gasteiger partial charge in [0.2, 0.25) is 0 Å². The Labute approximate surface area is 141 Å². The topological polar surface area (TPSA) is 84.1 Å². The van der Waals surface area contributed by atoms with Gasteiger partial charge in [-0.1, -0.05) is 32.9 Å². The zero-order chi connectivity index (χ0) is 18.1. The fourth-order valence-corrected chi connectivity index (χ4v) is 2.36. The van der Waals surface area contributed by atoms with Crippen molar-refractivity contribution < 1.29 is 9.53 Å². The van der Waals surface area contributed by atoms with Crippen LogP contribution in [-0.4, -0.2) is 21.7 Å². The summed E-state index contributed by atoms with van der Waals surface area (Å²) in [6.45, 7) is 11.3. The van der Waals surface area contributed by atoms with Crippen molar-refractivity contribution in [2.45, 2.75) is 53.2 Å². The number of fused-ring (bicyclic) bond motifs is 1. The molecule has 0 aliphatic carbocycles. The van der Waals surface area contributed by atoms with E-state index in [0.29, 0.717) is 16.7 Å². The van der Waals surface area contributed by atoms with E-state index in [1.54, 1.807) is 39.0 Å². The van der Waals surface area contributed by atoms with Crippen LogP contribution in [0.15, 0.2) is 29.1 Å². The van der Waals surface area contributed by atoms with Crippen molar-refractivity contribution in [1.29, 1.82) is 0 Å². The lowest BCUT2D eigenvalue weighted by atomic mass is 9.86. The van der Waals surface area contributed by atoms with Crippen LogP contribution in [0.3, 0.4) is 0 Å². The number of aromatic amines is 1. The lowest BCUT2D eigenvalue weighted by Gasteiger charge is -2.31. The largest absolute Gasteiger partial charge is 0.444 e. The third kappa shape index (κ3) is 4.34. The van der Waals surface area contributed by atoms with Crippen LogP contribution in [0.5, 0.6) is 0 Å². The van der Waals surface area contributed by atoms with Gasteiger partial charge in [-0.05, 0) is 38.3 Å². The van der Waals surface area contributed by atoms with E-state index in [0.717, 1.165) is 0 Å². The molecule has 0 aliphatic rings. The number of ether oxygens (including phenoxy) is 1. The molecule has 1 atom stereocenters. The molecular formula is C18H25N3O3. The molecule has 0 bridgehead atoms. The van der Waals surface area contributed by atoms with Crippen molar-refractivity contribution in [2.24, 2.45) is 5.41 Å². The number of rotatable bonds is 2. The lowest BCUT2D eigenvalue weighted by Crippen LogP contribution is -2.41. The first-order valence-electron chi connectivity index (χ1n) is 7.96. The average Bonchev–Trinajstić information content (AvgIpc) is 2.41. The molecule has 0 unspecified atom stereocenters. The Kier molecular flexibility index (Phi) is 4.69. The number of hydrogen-bond acceptors (Lipinski definition) is 4. The minimum absolute atomic E-state index is 0.226. The van der Waals surface area contributed by atoms with Gasteiger partial charge in [-0.2, -0.15) is 0 Å². The monoisotopic (exact) mass is 331 g/mol. The number of hydrogen-bond donors (Lipinski definition) is 2. The van der Waals surface area contributed by atoms with Crippen LogP contribution >= 0.6 is 0 Å². The molecule has 1 amide bonds. The van der Waals surface area contributed by atoms with Gasteiger partial charge in [0.1, 0.15) is 11.4 Å². The fourth-order valence-electron chi connectivity index (χ4n) is 2.36. The molecule has 1 aromatic heterocycles. The first kappa shape index (κ1) is 18.0. The number of carbonyl (C=O) groups excluding carboxylic acids is 1. The maximum Gasteiger partial charge on any atom is 0.408 e. The van der Waals surface area contributed by atoms with Crippen LogP contribution in [-0.2, 0) is 4.74 Å². The van der Waals surface area contributed by atoms with Gasteiger partial charge in [-0.15, -0.1) is 0 Å². The van der Waals surface area contributed by atoms with Gasteiger partial charge in [-0.25, -0.2) is 9.78 Å². The average molecular weight is 331 g/mol. The van der Waals surface area contributed by atoms with Crippen molar-refractivity contribution in [3.63, 3.8) is 0 Å². The Balaban J connectivity index is 2.42. The van der Waals surface area contributed by atoms with Crippen molar-refractivity contribution in [1.82, 2.24) is 15.3 Å². The van der Waals surface area contributed by atoms with E-state index >= 15 is 0 Å². The van der Waals surface area contributed by atoms with E-state index in [2.05, 4.69) is 15.3 Å². The summed E-state index contributed by atoms with van der Waals surface area (Å²) >= 11 is 0. The Bertz CT molecular complexity index is 797. The molecule has 0 spiro atoms. The maximum atomic E-state index is 12.3. The van der Waals surface area contributed by atoms with Gasteiger partial charge in [0, 0.05) is 0 Å². The van der Waals surface area contributed by atoms with Gasteiger partial charge in [0.05, 0.1) is 16.9 Å². The van der Waals surface area contributed by atoms with Crippen LogP contribution in [0.4, 0.5) is 4.79 Å². The Hall–Kier alpha value is -2.37. The van der Waals surface area contributed by atoms with Crippen LogP contribution in [0.25, 0.3) is 10.9 Å². The summed E-state index contributed by atoms with van der Waals surface area (Å²) in [4.78, 5) is 31.8. The number of carbonyl (C=O) groups is 1. The zero-order valence-electron chi connectivity index (χ0n) is 15.1. The van der Waals surface area contributed by atoms with Gasteiger partial charge < -0.3 is 15.0 Å². The van der Waals surface area contributed by atoms with Crippen LogP contribution in [0.1, 0.15) is 53.4 Å². The number of para-hydroxylation sites is 1. The van der Waals surface area contributed by atoms with Crippen LogP contribution in [0.2, 0.25) is 0 Å². The van der Waals surface area contributed by atoms with E-state index in [9.17, 15) is 9.59 Å². The summed E-state index contributed by atoms with van der Waals surface area (Å²) in [7, 11) is 0. The van der Waals surface area contributed by atoms with Gasteiger partial charge in [0.25, 0.3) is 5.56 Å². The predicted molar refractivity (Wildman–Crippen MR) is 93.9 cm³/mol. The minimum Gasteiger partial charge on any atom is -0.444 e. The second kappa shape index (κ2) is 6.26. The summed E-state index contributed by atoms with van der Waals surface area (Å²) in [5.74, 6) is 0.414. The molecule has 2 rings (SSSR count). The third-order valence-corrected chi connectivity index (χ3v) is 3.43. The molecule has 130 valence electrons. The van der Waals surface area contributed by atoms with Gasteiger partial charge >= 0.3 is 6.09 Å². The summed E-state index contributed by atoms with van der Waals surface area (Å²) in [6, 6.07) is 6.62. The van der Waals surface area contributed by atoms with E-state index < -0.39 is 17.7 Å². The summed E-state index contributed by atoms with van der Waals surface area (Å²) < 4.78 is 5.33. The highest BCUT2D eigenvalue weighted by Crippen LogP contribution is 2.31. The molecule has 2 aromatic rings. The normalized spacial score (nSPS) is 13.6. The van der Waals surface area contributed by atoms with Gasteiger partial charge in [-0.3, -0.25) is 4.79 Å². The van der Waals surface area contributed by atoms with Crippen LogP contribution < -0.4 is 10.9 Å². The molecule has 6 heteroatoms. The summed E-state index contributed by atoms with van der Waals surface area (Å²) in [5.41, 5.74) is -0.598. The van der Waals surface area contributed by atoms with E-state index in [1.807, 2.05) is 26.8 Å². The highest BCUT2D eigenvalue weighted by molar-refractivity contribution is 5.77. The van der Waals surface area contributed by atoms with E-state index in [-0.39, 0.29) is 11.0 Å². The second-order valence-corrected chi connectivity index (χ2v) is 7.91. The molecule has 2 N–H and O–H groups in total. The Morgan fingerprint density at radius 2 is 1.79 bits per heavy atom. The fraction of sp³-hybridized carbons (Fsp3) is 0.500. The second-order valence-electron chi connectivity index (χ2n) is 7.91. The maximum absolute atomic E-state index is 12.3. The van der Waals surface area contributed by atoms with E-state index in [1.165, 1.54) is 0 Å². The molecule has 0 saturated heterocycles. The number of nitrogens with one attached hydrogen (secondary N) is 2. The Morgan fingerprint density at radius 3 is 2.38 bits per heavy atom. The number of alkyl carbamates (subject to hydrolysis) is 1. The highest BCUT2D eigenvalue weighted by atomic mass is 16.6. The number of H-pyrrole nitrogens is 1. The molecule has 0 saturated carbocycles. The lowest BCUT2D eigenvalue weighted by molar-refractivity contribution is 0.0458. The Morgan fingerprint density at radius 1 is 1.17 bits per heavy atom. The third-order valence-electron chi connectivity index (χ3n) is 3.43. The number of aromatic nitrogens is 2. The molecule has 0 fully saturated rings. The molecule has 6 nitrogen and oxygen atoms in total. The molecule has 1 aromatic carbocycles. The van der Waals surface area contributed by atoms with E-state index in [4.69, 9.17) is 4.74 Å². The highest BCUT2D eigenvalue weighted by Gasteiger charge is 2.32. The molecule has 0 radical (unpaired) electrons.